The van der Waals surface area contributed by atoms with E-state index in [4.69, 9.17) is 4.74 Å². The fourth-order valence-corrected chi connectivity index (χ4v) is 5.74. The molecule has 26 heavy (non-hydrogen) atoms. The number of fused-ring (bicyclic) bond motifs is 1. The van der Waals surface area contributed by atoms with Gasteiger partial charge in [-0.25, -0.2) is 13.2 Å². The summed E-state index contributed by atoms with van der Waals surface area (Å²) < 4.78 is 34.8. The number of carbonyl (C=O) groups is 1. The van der Waals surface area contributed by atoms with E-state index in [1.54, 1.807) is 11.6 Å². The molecule has 0 amide bonds. The zero-order valence-corrected chi connectivity index (χ0v) is 16.7. The maximum absolute atomic E-state index is 12.7. The fraction of sp³-hybridized carbons (Fsp3) is 0.529. The molecule has 1 N–H and O–H groups in total. The molecule has 0 saturated carbocycles. The van der Waals surface area contributed by atoms with Crippen LogP contribution in [0.25, 0.3) is 0 Å². The number of nitrogens with one attached hydrogen (secondary N) is 1. The zero-order valence-electron chi connectivity index (χ0n) is 15.1. The number of sulfonamides is 1. The second-order valence-corrected chi connectivity index (χ2v) is 9.20. The highest BCUT2D eigenvalue weighted by Crippen LogP contribution is 2.40. The topological polar surface area (TPSA) is 90.3 Å². The van der Waals surface area contributed by atoms with Crippen molar-refractivity contribution in [3.63, 3.8) is 0 Å². The van der Waals surface area contributed by atoms with E-state index in [1.807, 2.05) is 6.92 Å². The Morgan fingerprint density at radius 2 is 2.23 bits per heavy atom. The minimum atomic E-state index is -3.82. The lowest BCUT2D eigenvalue weighted by Gasteiger charge is -2.18. The van der Waals surface area contributed by atoms with Crippen LogP contribution in [0.1, 0.15) is 48.0 Å². The standard InChI is InChI=1S/C17H23N3O4S2/c1-4-20-10-12(9-18-20)26(22,23)19-16-15(17(21)24-5-2)13-7-6-11(3)8-14(13)25-16/h9-11,19H,4-8H2,1-3H3/t11-/m1/s1. The summed E-state index contributed by atoms with van der Waals surface area (Å²) in [4.78, 5) is 13.6. The molecule has 1 aliphatic carbocycles. The molecule has 2 aromatic heterocycles. The maximum Gasteiger partial charge on any atom is 0.341 e. The van der Waals surface area contributed by atoms with Gasteiger partial charge < -0.3 is 4.74 Å². The van der Waals surface area contributed by atoms with Crippen molar-refractivity contribution in [3.05, 3.63) is 28.4 Å². The van der Waals surface area contributed by atoms with Crippen LogP contribution in [0.5, 0.6) is 0 Å². The normalized spacial score (nSPS) is 17.0. The highest BCUT2D eigenvalue weighted by Gasteiger charge is 2.30. The van der Waals surface area contributed by atoms with E-state index >= 15 is 0 Å². The van der Waals surface area contributed by atoms with Crippen LogP contribution in [0.2, 0.25) is 0 Å². The Kier molecular flexibility index (Phi) is 5.38. The van der Waals surface area contributed by atoms with Crippen molar-refractivity contribution in [1.29, 1.82) is 0 Å². The van der Waals surface area contributed by atoms with Crippen molar-refractivity contribution in [2.75, 3.05) is 11.3 Å². The average Bonchev–Trinajstić information content (AvgIpc) is 3.18. The molecule has 0 fully saturated rings. The van der Waals surface area contributed by atoms with Crippen molar-refractivity contribution in [2.45, 2.75) is 51.5 Å². The summed E-state index contributed by atoms with van der Waals surface area (Å²) in [6.07, 6.45) is 5.37. The van der Waals surface area contributed by atoms with Gasteiger partial charge in [-0.05, 0) is 44.6 Å². The zero-order chi connectivity index (χ0) is 18.9. The minimum Gasteiger partial charge on any atom is -0.462 e. The number of hydrogen-bond donors (Lipinski definition) is 1. The molecule has 1 atom stereocenters. The summed E-state index contributed by atoms with van der Waals surface area (Å²) in [5.74, 6) is 0.0462. The first-order valence-corrected chi connectivity index (χ1v) is 11.0. The number of ether oxygens (including phenoxy) is 1. The predicted octanol–water partition coefficient (Wildman–Crippen LogP) is 3.07. The molecule has 2 heterocycles. The van der Waals surface area contributed by atoms with E-state index in [-0.39, 0.29) is 11.5 Å². The predicted molar refractivity (Wildman–Crippen MR) is 100 cm³/mol. The van der Waals surface area contributed by atoms with Crippen LogP contribution in [0.3, 0.4) is 0 Å². The van der Waals surface area contributed by atoms with Crippen LogP contribution in [0.4, 0.5) is 5.00 Å². The van der Waals surface area contributed by atoms with Gasteiger partial charge >= 0.3 is 5.97 Å². The van der Waals surface area contributed by atoms with E-state index in [1.165, 1.54) is 23.7 Å². The Labute approximate surface area is 157 Å². The first-order valence-electron chi connectivity index (χ1n) is 8.72. The van der Waals surface area contributed by atoms with Crippen molar-refractivity contribution >= 4 is 32.3 Å². The molecule has 0 spiro atoms. The van der Waals surface area contributed by atoms with Gasteiger partial charge in [-0.15, -0.1) is 11.3 Å². The van der Waals surface area contributed by atoms with Crippen LogP contribution in [-0.2, 0) is 34.1 Å². The van der Waals surface area contributed by atoms with Crippen molar-refractivity contribution < 1.29 is 17.9 Å². The molecular formula is C17H23N3O4S2. The number of thiophene rings is 1. The second kappa shape index (κ2) is 7.40. The number of hydrogen-bond acceptors (Lipinski definition) is 6. The van der Waals surface area contributed by atoms with Gasteiger partial charge in [0.2, 0.25) is 0 Å². The lowest BCUT2D eigenvalue weighted by molar-refractivity contribution is 0.0526. The fourth-order valence-electron chi connectivity index (χ4n) is 3.08. The quantitative estimate of drug-likeness (QED) is 0.757. The van der Waals surface area contributed by atoms with Crippen LogP contribution in [0, 0.1) is 5.92 Å². The summed E-state index contributed by atoms with van der Waals surface area (Å²) in [5, 5.41) is 4.35. The van der Waals surface area contributed by atoms with E-state index in [0.717, 1.165) is 29.7 Å². The van der Waals surface area contributed by atoms with Crippen molar-refractivity contribution in [1.82, 2.24) is 9.78 Å². The monoisotopic (exact) mass is 397 g/mol. The molecule has 0 aromatic carbocycles. The maximum atomic E-state index is 12.7. The summed E-state index contributed by atoms with van der Waals surface area (Å²) >= 11 is 1.34. The van der Waals surface area contributed by atoms with E-state index in [0.29, 0.717) is 23.0 Å². The smallest absolute Gasteiger partial charge is 0.341 e. The van der Waals surface area contributed by atoms with Crippen molar-refractivity contribution in [3.8, 4) is 0 Å². The molecule has 0 bridgehead atoms. The second-order valence-electron chi connectivity index (χ2n) is 6.41. The molecule has 0 unspecified atom stereocenters. The summed E-state index contributed by atoms with van der Waals surface area (Å²) in [7, 11) is -3.82. The van der Waals surface area contributed by atoms with Crippen molar-refractivity contribution in [2.24, 2.45) is 5.92 Å². The van der Waals surface area contributed by atoms with Gasteiger partial charge in [0.05, 0.1) is 18.4 Å². The molecule has 1 aliphatic rings. The van der Waals surface area contributed by atoms with E-state index in [9.17, 15) is 13.2 Å². The number of carbonyl (C=O) groups excluding carboxylic acids is 1. The Morgan fingerprint density at radius 3 is 2.88 bits per heavy atom. The molecular weight excluding hydrogens is 374 g/mol. The number of anilines is 1. The van der Waals surface area contributed by atoms with E-state index < -0.39 is 16.0 Å². The molecule has 0 saturated heterocycles. The number of esters is 1. The third-order valence-corrected chi connectivity index (χ3v) is 7.07. The number of rotatable bonds is 6. The Bertz CT molecular complexity index is 915. The highest BCUT2D eigenvalue weighted by atomic mass is 32.2. The average molecular weight is 398 g/mol. The van der Waals surface area contributed by atoms with Crippen LogP contribution < -0.4 is 4.72 Å². The summed E-state index contributed by atoms with van der Waals surface area (Å²) in [6, 6.07) is 0. The molecule has 7 nitrogen and oxygen atoms in total. The number of nitrogens with zero attached hydrogens (tertiary/aromatic N) is 2. The lowest BCUT2D eigenvalue weighted by Crippen LogP contribution is -2.17. The first kappa shape index (κ1) is 18.9. The van der Waals surface area contributed by atoms with Gasteiger partial charge in [0, 0.05) is 17.6 Å². The van der Waals surface area contributed by atoms with Gasteiger partial charge in [-0.1, -0.05) is 6.92 Å². The molecule has 142 valence electrons. The summed E-state index contributed by atoms with van der Waals surface area (Å²) in [5.41, 5.74) is 1.29. The Hall–Kier alpha value is -1.87. The third kappa shape index (κ3) is 3.64. The summed E-state index contributed by atoms with van der Waals surface area (Å²) in [6.45, 7) is 6.60. The van der Waals surface area contributed by atoms with Gasteiger partial charge in [0.25, 0.3) is 10.0 Å². The number of aryl methyl sites for hydroxylation is 1. The third-order valence-electron chi connectivity index (χ3n) is 4.46. The molecule has 0 radical (unpaired) electrons. The van der Waals surface area contributed by atoms with Gasteiger partial charge in [-0.2, -0.15) is 5.10 Å². The molecule has 0 aliphatic heterocycles. The Balaban J connectivity index is 1.99. The lowest BCUT2D eigenvalue weighted by atomic mass is 9.88. The van der Waals surface area contributed by atoms with Gasteiger partial charge in [0.1, 0.15) is 9.90 Å². The molecule has 9 heteroatoms. The van der Waals surface area contributed by atoms with Gasteiger partial charge in [0.15, 0.2) is 0 Å². The minimum absolute atomic E-state index is 0.0777. The van der Waals surface area contributed by atoms with Crippen LogP contribution in [0.15, 0.2) is 17.3 Å². The molecule has 2 aromatic rings. The first-order chi connectivity index (χ1) is 12.4. The Morgan fingerprint density at radius 1 is 1.46 bits per heavy atom. The molecule has 3 rings (SSSR count). The van der Waals surface area contributed by atoms with Crippen LogP contribution >= 0.6 is 11.3 Å². The SMILES string of the molecule is CCOC(=O)c1c(NS(=O)(=O)c2cnn(CC)c2)sc2c1CC[C@@H](C)C2. The van der Waals surface area contributed by atoms with Crippen LogP contribution in [-0.4, -0.2) is 30.8 Å². The highest BCUT2D eigenvalue weighted by molar-refractivity contribution is 7.93. The number of aromatic nitrogens is 2. The van der Waals surface area contributed by atoms with Gasteiger partial charge in [-0.3, -0.25) is 9.40 Å². The largest absolute Gasteiger partial charge is 0.462 e. The van der Waals surface area contributed by atoms with E-state index in [2.05, 4.69) is 16.7 Å².